The molecule has 0 bridgehead atoms. The summed E-state index contributed by atoms with van der Waals surface area (Å²) in [4.78, 5) is 0. The van der Waals surface area contributed by atoms with Crippen LogP contribution in [0.4, 0.5) is 0 Å². The molecule has 0 heterocycles. The van der Waals surface area contributed by atoms with Gasteiger partial charge in [0.2, 0.25) is 0 Å². The molecule has 0 aliphatic heterocycles. The lowest BCUT2D eigenvalue weighted by Crippen LogP contribution is -2.22. The minimum absolute atomic E-state index is 0.0773. The normalized spacial score (nSPS) is 24.3. The van der Waals surface area contributed by atoms with E-state index in [0.29, 0.717) is 12.3 Å². The van der Waals surface area contributed by atoms with E-state index in [1.807, 2.05) is 12.2 Å². The minimum Gasteiger partial charge on any atom is -0.286 e. The molecule has 15 heavy (non-hydrogen) atoms. The minimum atomic E-state index is -3.80. The van der Waals surface area contributed by atoms with Crippen molar-refractivity contribution in [1.82, 2.24) is 0 Å². The molecule has 0 aromatic carbocycles. The summed E-state index contributed by atoms with van der Waals surface area (Å²) >= 11 is 0. The predicted molar refractivity (Wildman–Crippen MR) is 61.2 cm³/mol. The van der Waals surface area contributed by atoms with Crippen molar-refractivity contribution in [3.8, 4) is 0 Å². The van der Waals surface area contributed by atoms with Gasteiger partial charge in [0, 0.05) is 0 Å². The molecule has 0 saturated carbocycles. The topological polar surface area (TPSA) is 54.4 Å². The van der Waals surface area contributed by atoms with E-state index in [1.165, 1.54) is 0 Å². The van der Waals surface area contributed by atoms with Gasteiger partial charge in [-0.1, -0.05) is 38.2 Å². The fourth-order valence-corrected chi connectivity index (χ4v) is 2.36. The van der Waals surface area contributed by atoms with Gasteiger partial charge in [-0.3, -0.25) is 4.55 Å². The second kappa shape index (κ2) is 4.49. The van der Waals surface area contributed by atoms with Crippen LogP contribution >= 0.6 is 0 Å². The fraction of sp³-hybridized carbons (Fsp3) is 0.636. The summed E-state index contributed by atoms with van der Waals surface area (Å²) in [5.41, 5.74) is 0.0773. The van der Waals surface area contributed by atoms with Crippen molar-refractivity contribution < 1.29 is 13.0 Å². The third kappa shape index (κ3) is 4.18. The van der Waals surface area contributed by atoms with Crippen molar-refractivity contribution in [2.45, 2.75) is 26.7 Å². The van der Waals surface area contributed by atoms with Crippen LogP contribution in [0.15, 0.2) is 24.3 Å². The Morgan fingerprint density at radius 1 is 1.33 bits per heavy atom. The van der Waals surface area contributed by atoms with Crippen LogP contribution in [0.25, 0.3) is 0 Å². The first kappa shape index (κ1) is 12.5. The van der Waals surface area contributed by atoms with Crippen LogP contribution in [0, 0.1) is 11.3 Å². The lowest BCUT2D eigenvalue weighted by Gasteiger charge is -2.31. The Morgan fingerprint density at radius 3 is 2.53 bits per heavy atom. The highest BCUT2D eigenvalue weighted by Gasteiger charge is 2.26. The lowest BCUT2D eigenvalue weighted by molar-refractivity contribution is 0.318. The quantitative estimate of drug-likeness (QED) is 0.755. The van der Waals surface area contributed by atoms with Crippen LogP contribution in [-0.2, 0) is 10.1 Å². The van der Waals surface area contributed by atoms with Crippen LogP contribution in [0.2, 0.25) is 0 Å². The number of hydrogen-bond acceptors (Lipinski definition) is 2. The number of allylic oxidation sites excluding steroid dienone is 4. The van der Waals surface area contributed by atoms with Crippen LogP contribution in [-0.4, -0.2) is 18.7 Å². The molecule has 3 nitrogen and oxygen atoms in total. The van der Waals surface area contributed by atoms with Crippen molar-refractivity contribution in [1.29, 1.82) is 0 Å². The molecule has 1 rings (SSSR count). The molecular formula is C11H18O3S. The molecule has 1 aliphatic rings. The zero-order valence-corrected chi connectivity index (χ0v) is 10.00. The number of hydrogen-bond donors (Lipinski definition) is 1. The van der Waals surface area contributed by atoms with E-state index in [1.54, 1.807) is 0 Å². The molecule has 1 aliphatic carbocycles. The van der Waals surface area contributed by atoms with Gasteiger partial charge in [0.1, 0.15) is 0 Å². The monoisotopic (exact) mass is 230 g/mol. The van der Waals surface area contributed by atoms with E-state index in [4.69, 9.17) is 4.55 Å². The van der Waals surface area contributed by atoms with Crippen molar-refractivity contribution in [3.05, 3.63) is 24.3 Å². The van der Waals surface area contributed by atoms with Gasteiger partial charge in [-0.25, -0.2) is 0 Å². The second-order valence-electron chi connectivity index (χ2n) is 4.60. The van der Waals surface area contributed by atoms with E-state index in [9.17, 15) is 8.42 Å². The molecule has 1 N–H and O–H groups in total. The molecule has 0 radical (unpaired) electrons. The highest BCUT2D eigenvalue weighted by Crippen LogP contribution is 2.35. The molecule has 0 saturated heterocycles. The summed E-state index contributed by atoms with van der Waals surface area (Å²) in [6, 6.07) is 0. The van der Waals surface area contributed by atoms with E-state index in [0.717, 1.165) is 6.42 Å². The maximum Gasteiger partial charge on any atom is 0.264 e. The Bertz CT molecular complexity index is 363. The van der Waals surface area contributed by atoms with Gasteiger partial charge in [-0.15, -0.1) is 0 Å². The van der Waals surface area contributed by atoms with Gasteiger partial charge in [0.15, 0.2) is 0 Å². The maximum atomic E-state index is 10.6. The van der Waals surface area contributed by atoms with E-state index >= 15 is 0 Å². The Kier molecular flexibility index (Phi) is 3.73. The average Bonchev–Trinajstić information content (AvgIpc) is 2.05. The van der Waals surface area contributed by atoms with E-state index in [2.05, 4.69) is 26.0 Å². The molecule has 1 atom stereocenters. The molecular weight excluding hydrogens is 212 g/mol. The smallest absolute Gasteiger partial charge is 0.264 e. The average molecular weight is 230 g/mol. The third-order valence-corrected chi connectivity index (χ3v) is 3.66. The zero-order chi connectivity index (χ0) is 11.5. The molecule has 86 valence electrons. The third-order valence-electron chi connectivity index (χ3n) is 2.85. The summed E-state index contributed by atoms with van der Waals surface area (Å²) in [6.45, 7) is 4.26. The first-order valence-corrected chi connectivity index (χ1v) is 6.73. The molecule has 4 heteroatoms. The Hall–Kier alpha value is -0.610. The van der Waals surface area contributed by atoms with E-state index < -0.39 is 10.1 Å². The van der Waals surface area contributed by atoms with Crippen molar-refractivity contribution in [3.63, 3.8) is 0 Å². The van der Waals surface area contributed by atoms with Gasteiger partial charge < -0.3 is 0 Å². The fourth-order valence-electron chi connectivity index (χ4n) is 1.83. The van der Waals surface area contributed by atoms with Gasteiger partial charge >= 0.3 is 0 Å². The SMILES string of the molecule is CC1(C)C=CC=CC1CCCS(=O)(=O)O. The Morgan fingerprint density at radius 2 is 2.00 bits per heavy atom. The van der Waals surface area contributed by atoms with Crippen molar-refractivity contribution in [2.24, 2.45) is 11.3 Å². The van der Waals surface area contributed by atoms with Gasteiger partial charge in [-0.2, -0.15) is 8.42 Å². The summed E-state index contributed by atoms with van der Waals surface area (Å²) in [5.74, 6) is 0.209. The lowest BCUT2D eigenvalue weighted by atomic mass is 9.74. The molecule has 0 aromatic rings. The summed E-state index contributed by atoms with van der Waals surface area (Å²) in [6.07, 6.45) is 9.52. The first-order chi connectivity index (χ1) is 6.81. The largest absolute Gasteiger partial charge is 0.286 e. The van der Waals surface area contributed by atoms with E-state index in [-0.39, 0.29) is 11.2 Å². The Labute approximate surface area is 91.6 Å². The van der Waals surface area contributed by atoms with Gasteiger partial charge in [0.05, 0.1) is 5.75 Å². The van der Waals surface area contributed by atoms with Crippen molar-refractivity contribution >= 4 is 10.1 Å². The molecule has 0 aromatic heterocycles. The summed E-state index contributed by atoms with van der Waals surface area (Å²) in [7, 11) is -3.80. The maximum absolute atomic E-state index is 10.6. The van der Waals surface area contributed by atoms with Gasteiger partial charge in [-0.05, 0) is 24.2 Å². The van der Waals surface area contributed by atoms with Crippen LogP contribution < -0.4 is 0 Å². The standard InChI is InChI=1S/C11H18O3S/c1-11(2)8-4-3-6-10(11)7-5-9-15(12,13)14/h3-4,6,8,10H,5,7,9H2,1-2H3,(H,12,13,14). The Balaban J connectivity index is 2.46. The molecule has 0 spiro atoms. The van der Waals surface area contributed by atoms with Crippen molar-refractivity contribution in [2.75, 3.05) is 5.75 Å². The van der Waals surface area contributed by atoms with Crippen LogP contribution in [0.3, 0.4) is 0 Å². The highest BCUT2D eigenvalue weighted by atomic mass is 32.2. The second-order valence-corrected chi connectivity index (χ2v) is 6.17. The first-order valence-electron chi connectivity index (χ1n) is 5.12. The highest BCUT2D eigenvalue weighted by molar-refractivity contribution is 7.85. The number of rotatable bonds is 4. The molecule has 1 unspecified atom stereocenters. The van der Waals surface area contributed by atoms with Crippen LogP contribution in [0.5, 0.6) is 0 Å². The van der Waals surface area contributed by atoms with Gasteiger partial charge in [0.25, 0.3) is 10.1 Å². The molecule has 0 amide bonds. The predicted octanol–water partition coefficient (Wildman–Crippen LogP) is 2.42. The van der Waals surface area contributed by atoms with Crippen LogP contribution in [0.1, 0.15) is 26.7 Å². The zero-order valence-electron chi connectivity index (χ0n) is 9.18. The molecule has 0 fully saturated rings. The summed E-state index contributed by atoms with van der Waals surface area (Å²) < 4.78 is 29.7. The summed E-state index contributed by atoms with van der Waals surface area (Å²) in [5, 5.41) is 0.